The number of hydrogen-bond acceptors (Lipinski definition) is 5. The van der Waals surface area contributed by atoms with Gasteiger partial charge in [-0.05, 0) is 42.3 Å². The fourth-order valence-corrected chi connectivity index (χ4v) is 4.86. The lowest BCUT2D eigenvalue weighted by atomic mass is 10.2. The summed E-state index contributed by atoms with van der Waals surface area (Å²) in [6.07, 6.45) is 0.678. The maximum atomic E-state index is 12.9. The second-order valence-electron chi connectivity index (χ2n) is 5.91. The van der Waals surface area contributed by atoms with Crippen molar-refractivity contribution < 1.29 is 23.1 Å². The predicted molar refractivity (Wildman–Crippen MR) is 105 cm³/mol. The number of aliphatic carboxylic acids is 1. The van der Waals surface area contributed by atoms with Crippen LogP contribution >= 0.6 is 11.8 Å². The van der Waals surface area contributed by atoms with Crippen LogP contribution in [0.3, 0.4) is 0 Å². The van der Waals surface area contributed by atoms with Crippen LogP contribution in [0, 0.1) is 0 Å². The first kappa shape index (κ1) is 19.2. The van der Waals surface area contributed by atoms with Gasteiger partial charge in [-0.1, -0.05) is 18.2 Å². The lowest BCUT2D eigenvalue weighted by Crippen LogP contribution is -2.29. The molecule has 0 unspecified atom stereocenters. The molecule has 142 valence electrons. The van der Waals surface area contributed by atoms with E-state index < -0.39 is 16.0 Å². The van der Waals surface area contributed by atoms with Gasteiger partial charge in [-0.25, -0.2) is 8.42 Å². The van der Waals surface area contributed by atoms with Crippen molar-refractivity contribution >= 4 is 45.0 Å². The van der Waals surface area contributed by atoms with Crippen LogP contribution in [-0.2, 0) is 26.0 Å². The minimum absolute atomic E-state index is 0.0108. The summed E-state index contributed by atoms with van der Waals surface area (Å²) in [4.78, 5) is 22.4. The molecule has 0 atom stereocenters. The molecule has 7 nitrogen and oxygen atoms in total. The number of carbonyl (C=O) groups excluding carboxylic acids is 1. The third-order valence-corrected chi connectivity index (χ3v) is 6.77. The van der Waals surface area contributed by atoms with E-state index in [4.69, 9.17) is 5.11 Å². The lowest BCUT2D eigenvalue weighted by Gasteiger charge is -2.19. The van der Waals surface area contributed by atoms with Gasteiger partial charge in [0.15, 0.2) is 0 Å². The molecule has 0 radical (unpaired) electrons. The maximum Gasteiger partial charge on any atom is 0.313 e. The van der Waals surface area contributed by atoms with Crippen LogP contribution in [0.4, 0.5) is 11.4 Å². The highest BCUT2D eigenvalue weighted by Gasteiger charge is 2.30. The number of fused-ring (bicyclic) bond motifs is 1. The summed E-state index contributed by atoms with van der Waals surface area (Å²) >= 11 is 0.992. The minimum Gasteiger partial charge on any atom is -0.481 e. The number of para-hydroxylation sites is 1. The first-order chi connectivity index (χ1) is 12.9. The molecule has 1 aliphatic heterocycles. The Hall–Kier alpha value is -2.52. The molecule has 2 aromatic rings. The molecule has 2 aromatic carbocycles. The number of benzene rings is 2. The topological polar surface area (TPSA) is 104 Å². The van der Waals surface area contributed by atoms with Crippen molar-refractivity contribution in [1.82, 2.24) is 0 Å². The second kappa shape index (κ2) is 8.01. The first-order valence-electron chi connectivity index (χ1n) is 8.18. The fourth-order valence-electron chi connectivity index (χ4n) is 2.82. The molecule has 0 bridgehead atoms. The number of carbonyl (C=O) groups is 2. The van der Waals surface area contributed by atoms with Gasteiger partial charge in [-0.2, -0.15) is 0 Å². The van der Waals surface area contributed by atoms with Gasteiger partial charge in [0.05, 0.1) is 22.1 Å². The normalized spacial score (nSPS) is 13.3. The van der Waals surface area contributed by atoms with Crippen molar-refractivity contribution in [1.29, 1.82) is 0 Å². The number of sulfonamides is 1. The Bertz CT molecular complexity index is 958. The van der Waals surface area contributed by atoms with Crippen LogP contribution in [0.2, 0.25) is 0 Å². The zero-order chi connectivity index (χ0) is 19.4. The van der Waals surface area contributed by atoms with E-state index in [1.54, 1.807) is 6.07 Å². The summed E-state index contributed by atoms with van der Waals surface area (Å²) in [5.74, 6) is -1.46. The van der Waals surface area contributed by atoms with Gasteiger partial charge < -0.3 is 10.4 Å². The van der Waals surface area contributed by atoms with E-state index >= 15 is 0 Å². The van der Waals surface area contributed by atoms with Crippen molar-refractivity contribution in [2.24, 2.45) is 0 Å². The highest BCUT2D eigenvalue weighted by Crippen LogP contribution is 2.32. The highest BCUT2D eigenvalue weighted by molar-refractivity contribution is 8.00. The van der Waals surface area contributed by atoms with Crippen molar-refractivity contribution in [3.8, 4) is 0 Å². The molecular formula is C18H18N2O5S2. The number of thioether (sulfide) groups is 1. The molecule has 0 saturated carbocycles. The Morgan fingerprint density at radius 3 is 2.48 bits per heavy atom. The van der Waals surface area contributed by atoms with Crippen LogP contribution in [0.25, 0.3) is 0 Å². The zero-order valence-corrected chi connectivity index (χ0v) is 15.9. The molecule has 2 N–H and O–H groups in total. The third kappa shape index (κ3) is 4.42. The van der Waals surface area contributed by atoms with Crippen LogP contribution in [0.15, 0.2) is 53.4 Å². The van der Waals surface area contributed by atoms with Gasteiger partial charge in [0.1, 0.15) is 0 Å². The summed E-state index contributed by atoms with van der Waals surface area (Å²) in [5, 5.41) is 11.2. The average Bonchev–Trinajstić information content (AvgIpc) is 3.07. The Kier molecular flexibility index (Phi) is 5.71. The summed E-state index contributed by atoms with van der Waals surface area (Å²) in [6, 6.07) is 13.4. The number of rotatable bonds is 7. The Labute approximate surface area is 161 Å². The lowest BCUT2D eigenvalue weighted by molar-refractivity contribution is -0.133. The van der Waals surface area contributed by atoms with Gasteiger partial charge in [0.25, 0.3) is 10.0 Å². The number of nitrogens with zero attached hydrogens (tertiary/aromatic N) is 1. The molecule has 0 aliphatic carbocycles. The molecule has 0 spiro atoms. The first-order valence-corrected chi connectivity index (χ1v) is 10.8. The van der Waals surface area contributed by atoms with Crippen molar-refractivity contribution in [2.75, 3.05) is 27.7 Å². The van der Waals surface area contributed by atoms with E-state index in [9.17, 15) is 18.0 Å². The predicted octanol–water partition coefficient (Wildman–Crippen LogP) is 2.19. The van der Waals surface area contributed by atoms with E-state index in [0.717, 1.165) is 17.3 Å². The summed E-state index contributed by atoms with van der Waals surface area (Å²) in [6.45, 7) is 0.404. The Morgan fingerprint density at radius 2 is 1.78 bits per heavy atom. The number of anilines is 2. The standard InChI is InChI=1S/C18H18N2O5S2/c21-17(11-26-12-18(22)23)19-14-5-7-15(8-6-14)27(24,25)20-10-9-13-3-1-2-4-16(13)20/h1-8H,9-12H2,(H,19,21)(H,22,23). The van der Waals surface area contributed by atoms with Gasteiger partial charge in [0.2, 0.25) is 5.91 Å². The molecule has 9 heteroatoms. The molecule has 1 amide bonds. The highest BCUT2D eigenvalue weighted by atomic mass is 32.2. The second-order valence-corrected chi connectivity index (χ2v) is 8.76. The largest absolute Gasteiger partial charge is 0.481 e. The zero-order valence-electron chi connectivity index (χ0n) is 14.3. The Balaban J connectivity index is 1.68. The number of nitrogens with one attached hydrogen (secondary N) is 1. The van der Waals surface area contributed by atoms with Gasteiger partial charge in [0, 0.05) is 12.2 Å². The van der Waals surface area contributed by atoms with E-state index in [1.807, 2.05) is 18.2 Å². The van der Waals surface area contributed by atoms with Crippen molar-refractivity contribution in [3.63, 3.8) is 0 Å². The third-order valence-electron chi connectivity index (χ3n) is 4.03. The quantitative estimate of drug-likeness (QED) is 0.731. The molecule has 3 rings (SSSR count). The fraction of sp³-hybridized carbons (Fsp3) is 0.222. The summed E-state index contributed by atoms with van der Waals surface area (Å²) in [7, 11) is -3.67. The van der Waals surface area contributed by atoms with Crippen LogP contribution in [0.5, 0.6) is 0 Å². The van der Waals surface area contributed by atoms with Crippen LogP contribution < -0.4 is 9.62 Å². The molecule has 1 aliphatic rings. The Morgan fingerprint density at radius 1 is 1.07 bits per heavy atom. The molecule has 1 heterocycles. The molecule has 27 heavy (non-hydrogen) atoms. The van der Waals surface area contributed by atoms with Crippen LogP contribution in [0.1, 0.15) is 5.56 Å². The van der Waals surface area contributed by atoms with Crippen LogP contribution in [-0.4, -0.2) is 43.5 Å². The SMILES string of the molecule is O=C(O)CSCC(=O)Nc1ccc(S(=O)(=O)N2CCc3ccccc32)cc1. The van der Waals surface area contributed by atoms with Crippen molar-refractivity contribution in [2.45, 2.75) is 11.3 Å². The van der Waals surface area contributed by atoms with E-state index in [2.05, 4.69) is 5.32 Å². The molecular weight excluding hydrogens is 388 g/mol. The minimum atomic E-state index is -3.67. The maximum absolute atomic E-state index is 12.9. The van der Waals surface area contributed by atoms with Crippen molar-refractivity contribution in [3.05, 3.63) is 54.1 Å². The molecule has 0 saturated heterocycles. The summed E-state index contributed by atoms with van der Waals surface area (Å²) < 4.78 is 27.2. The monoisotopic (exact) mass is 406 g/mol. The van der Waals surface area contributed by atoms with Gasteiger partial charge in [-0.15, -0.1) is 11.8 Å². The van der Waals surface area contributed by atoms with Gasteiger partial charge in [-0.3, -0.25) is 13.9 Å². The van der Waals surface area contributed by atoms with E-state index in [1.165, 1.54) is 28.6 Å². The number of carboxylic acids is 1. The van der Waals surface area contributed by atoms with E-state index in [-0.39, 0.29) is 22.3 Å². The van der Waals surface area contributed by atoms with E-state index in [0.29, 0.717) is 24.3 Å². The number of hydrogen-bond donors (Lipinski definition) is 2. The average molecular weight is 406 g/mol. The molecule has 0 aromatic heterocycles. The number of amides is 1. The summed E-state index contributed by atoms with van der Waals surface area (Å²) in [5.41, 5.74) is 2.16. The number of carboxylic acid groups (broad SMARTS) is 1. The molecule has 0 fully saturated rings. The smallest absolute Gasteiger partial charge is 0.313 e. The van der Waals surface area contributed by atoms with Gasteiger partial charge >= 0.3 is 5.97 Å².